The molecule has 0 saturated carbocycles. The predicted octanol–water partition coefficient (Wildman–Crippen LogP) is 3.61. The topological polar surface area (TPSA) is 45.2 Å². The van der Waals surface area contributed by atoms with E-state index in [1.165, 1.54) is 0 Å². The summed E-state index contributed by atoms with van der Waals surface area (Å²) in [5.41, 5.74) is 0.919. The van der Waals surface area contributed by atoms with Crippen LogP contribution < -0.4 is 5.32 Å². The zero-order chi connectivity index (χ0) is 17.9. The lowest BCUT2D eigenvalue weighted by Gasteiger charge is -2.36. The van der Waals surface area contributed by atoms with Gasteiger partial charge in [-0.1, -0.05) is 0 Å². The molecule has 9 heteroatoms. The average Bonchev–Trinajstić information content (AvgIpc) is 3.06. The number of anilines is 1. The van der Waals surface area contributed by atoms with Crippen LogP contribution in [0.25, 0.3) is 0 Å². The number of hydrogen-bond acceptors (Lipinski definition) is 5. The molecule has 2 saturated heterocycles. The van der Waals surface area contributed by atoms with E-state index in [2.05, 4.69) is 10.3 Å². The molecule has 1 aromatic heterocycles. The van der Waals surface area contributed by atoms with E-state index in [1.807, 2.05) is 12.1 Å². The third-order valence-electron chi connectivity index (χ3n) is 4.45. The molecule has 25 heavy (non-hydrogen) atoms. The second-order valence-electron chi connectivity index (χ2n) is 6.17. The number of nitrogens with zero attached hydrogens (tertiary/aromatic N) is 2. The van der Waals surface area contributed by atoms with Gasteiger partial charge in [-0.3, -0.25) is 9.78 Å². The van der Waals surface area contributed by atoms with Crippen LogP contribution in [0, 0.1) is 0 Å². The Morgan fingerprint density at radius 3 is 2.56 bits per heavy atom. The summed E-state index contributed by atoms with van der Waals surface area (Å²) in [5, 5.41) is 3.36. The highest BCUT2D eigenvalue weighted by Gasteiger charge is 2.59. The first-order valence-electron chi connectivity index (χ1n) is 8.19. The molecule has 1 N–H and O–H groups in total. The van der Waals surface area contributed by atoms with Gasteiger partial charge in [-0.2, -0.15) is 13.2 Å². The zero-order valence-electron chi connectivity index (χ0n) is 13.6. The molecule has 0 radical (unpaired) electrons. The number of carbonyl (C=O) groups excluding carboxylic acids is 1. The Labute approximate surface area is 153 Å². The van der Waals surface area contributed by atoms with Crippen molar-refractivity contribution in [3.05, 3.63) is 24.5 Å². The maximum absolute atomic E-state index is 13.4. The van der Waals surface area contributed by atoms with Gasteiger partial charge in [0.1, 0.15) is 0 Å². The number of carbonyl (C=O) groups is 1. The highest BCUT2D eigenvalue weighted by atomic mass is 32.2. The summed E-state index contributed by atoms with van der Waals surface area (Å²) in [5.74, 6) is 0.488. The first-order valence-corrected chi connectivity index (χ1v) is 10.2. The van der Waals surface area contributed by atoms with Crippen LogP contribution in [0.4, 0.5) is 18.9 Å². The molecule has 4 nitrogen and oxygen atoms in total. The average molecular weight is 391 g/mol. The Balaban J connectivity index is 1.53. The number of piperidine rings is 1. The number of amides is 1. The van der Waals surface area contributed by atoms with Gasteiger partial charge in [0.15, 0.2) is 4.08 Å². The van der Waals surface area contributed by atoms with E-state index in [1.54, 1.807) is 17.3 Å². The van der Waals surface area contributed by atoms with E-state index >= 15 is 0 Å². The fraction of sp³-hybridized carbons (Fsp3) is 0.625. The quantitative estimate of drug-likeness (QED) is 0.850. The molecule has 0 bridgehead atoms. The van der Waals surface area contributed by atoms with Crippen LogP contribution in [0.15, 0.2) is 24.5 Å². The van der Waals surface area contributed by atoms with Crippen LogP contribution in [0.2, 0.25) is 0 Å². The van der Waals surface area contributed by atoms with Crippen molar-refractivity contribution in [3.8, 4) is 0 Å². The van der Waals surface area contributed by atoms with Crippen molar-refractivity contribution in [1.82, 2.24) is 9.88 Å². The van der Waals surface area contributed by atoms with E-state index in [4.69, 9.17) is 0 Å². The third-order valence-corrected chi connectivity index (χ3v) is 7.92. The van der Waals surface area contributed by atoms with Gasteiger partial charge in [-0.25, -0.2) is 0 Å². The molecule has 2 aliphatic heterocycles. The first-order chi connectivity index (χ1) is 11.9. The van der Waals surface area contributed by atoms with E-state index in [9.17, 15) is 18.0 Å². The van der Waals surface area contributed by atoms with Crippen LogP contribution in [0.5, 0.6) is 0 Å². The van der Waals surface area contributed by atoms with Gasteiger partial charge in [0, 0.05) is 43.0 Å². The lowest BCUT2D eigenvalue weighted by Crippen LogP contribution is -2.47. The summed E-state index contributed by atoms with van der Waals surface area (Å²) >= 11 is 1.73. The molecule has 1 amide bonds. The number of nitrogens with one attached hydrogen (secondary N) is 1. The first kappa shape index (κ1) is 18.7. The summed E-state index contributed by atoms with van der Waals surface area (Å²) in [6.07, 6.45) is 0.0439. The molecular formula is C16H20F3N3OS2. The van der Waals surface area contributed by atoms with E-state index < -0.39 is 16.7 Å². The van der Waals surface area contributed by atoms with E-state index in [-0.39, 0.29) is 11.9 Å². The van der Waals surface area contributed by atoms with Gasteiger partial charge < -0.3 is 10.2 Å². The zero-order valence-corrected chi connectivity index (χ0v) is 15.2. The molecule has 0 aliphatic carbocycles. The minimum atomic E-state index is -4.37. The molecule has 1 aromatic rings. The Bertz CT molecular complexity index is 586. The normalized spacial score (nSPS) is 21.3. The molecule has 3 rings (SSSR count). The number of likely N-dealkylation sites (tertiary alicyclic amines) is 1. The van der Waals surface area contributed by atoms with Gasteiger partial charge in [-0.15, -0.1) is 23.5 Å². The van der Waals surface area contributed by atoms with Gasteiger partial charge in [0.2, 0.25) is 5.91 Å². The van der Waals surface area contributed by atoms with Crippen molar-refractivity contribution in [2.75, 3.05) is 29.9 Å². The molecule has 0 aromatic carbocycles. The van der Waals surface area contributed by atoms with Crippen molar-refractivity contribution in [2.24, 2.45) is 0 Å². The fourth-order valence-corrected chi connectivity index (χ4v) is 6.03. The van der Waals surface area contributed by atoms with Crippen LogP contribution >= 0.6 is 23.5 Å². The molecule has 2 fully saturated rings. The summed E-state index contributed by atoms with van der Waals surface area (Å²) in [4.78, 5) is 18.1. The molecule has 0 atom stereocenters. The number of pyridine rings is 1. The fourth-order valence-electron chi connectivity index (χ4n) is 3.09. The number of halogens is 3. The second-order valence-corrected chi connectivity index (χ2v) is 9.21. The number of hydrogen-bond donors (Lipinski definition) is 1. The maximum Gasteiger partial charge on any atom is 0.412 e. The Hall–Kier alpha value is -1.09. The maximum atomic E-state index is 13.4. The molecule has 0 spiro atoms. The number of aromatic nitrogens is 1. The smallest absolute Gasteiger partial charge is 0.381 e. The van der Waals surface area contributed by atoms with Gasteiger partial charge >= 0.3 is 6.18 Å². The Morgan fingerprint density at radius 2 is 2.00 bits per heavy atom. The lowest BCUT2D eigenvalue weighted by atomic mass is 10.0. The molecule has 0 unspecified atom stereocenters. The SMILES string of the molecule is O=C(CC1(C(F)(F)F)SCCS1)N1CCC(Nc2cccnc2)CC1. The summed E-state index contributed by atoms with van der Waals surface area (Å²) < 4.78 is 38.3. The lowest BCUT2D eigenvalue weighted by molar-refractivity contribution is -0.151. The summed E-state index contributed by atoms with van der Waals surface area (Å²) in [6, 6.07) is 3.97. The molecule has 2 aliphatic rings. The Kier molecular flexibility index (Phi) is 5.72. The monoisotopic (exact) mass is 391 g/mol. The molecule has 3 heterocycles. The number of thioether (sulfide) groups is 2. The predicted molar refractivity (Wildman–Crippen MR) is 95.8 cm³/mol. The highest BCUT2D eigenvalue weighted by Crippen LogP contribution is 2.56. The van der Waals surface area contributed by atoms with E-state index in [0.717, 1.165) is 42.1 Å². The van der Waals surface area contributed by atoms with Crippen molar-refractivity contribution in [2.45, 2.75) is 35.6 Å². The minimum Gasteiger partial charge on any atom is -0.381 e. The summed E-state index contributed by atoms with van der Waals surface area (Å²) in [7, 11) is 0. The largest absolute Gasteiger partial charge is 0.412 e. The van der Waals surface area contributed by atoms with Gasteiger partial charge in [0.25, 0.3) is 0 Å². The third kappa shape index (κ3) is 4.36. The molecule has 138 valence electrons. The second kappa shape index (κ2) is 7.65. The Morgan fingerprint density at radius 1 is 1.32 bits per heavy atom. The highest BCUT2D eigenvalue weighted by molar-refractivity contribution is 8.21. The van der Waals surface area contributed by atoms with E-state index in [0.29, 0.717) is 24.6 Å². The molecular weight excluding hydrogens is 371 g/mol. The number of rotatable bonds is 4. The van der Waals surface area contributed by atoms with Crippen LogP contribution in [0.3, 0.4) is 0 Å². The van der Waals surface area contributed by atoms with Crippen LogP contribution in [0.1, 0.15) is 19.3 Å². The van der Waals surface area contributed by atoms with Gasteiger partial charge in [0.05, 0.1) is 12.1 Å². The van der Waals surface area contributed by atoms with Crippen molar-refractivity contribution < 1.29 is 18.0 Å². The standard InChI is InChI=1S/C16H20F3N3OS2/c17-16(18,19)15(24-8-9-25-15)10-14(23)22-6-3-12(4-7-22)21-13-2-1-5-20-11-13/h1-2,5,11-12,21H,3-4,6-10H2. The number of alkyl halides is 3. The van der Waals surface area contributed by atoms with Crippen molar-refractivity contribution in [3.63, 3.8) is 0 Å². The van der Waals surface area contributed by atoms with Crippen molar-refractivity contribution >= 4 is 35.1 Å². The summed E-state index contributed by atoms with van der Waals surface area (Å²) in [6.45, 7) is 0.972. The van der Waals surface area contributed by atoms with Crippen LogP contribution in [-0.2, 0) is 4.79 Å². The van der Waals surface area contributed by atoms with Gasteiger partial charge in [-0.05, 0) is 25.0 Å². The van der Waals surface area contributed by atoms with Crippen molar-refractivity contribution in [1.29, 1.82) is 0 Å². The van der Waals surface area contributed by atoms with Crippen LogP contribution in [-0.4, -0.2) is 56.7 Å². The minimum absolute atomic E-state index is 0.208.